The van der Waals surface area contributed by atoms with Gasteiger partial charge >= 0.3 is 0 Å². The van der Waals surface area contributed by atoms with Crippen molar-refractivity contribution in [2.24, 2.45) is 0 Å². The second-order valence-electron chi connectivity index (χ2n) is 6.03. The van der Waals surface area contributed by atoms with Crippen molar-refractivity contribution in [2.75, 3.05) is 10.8 Å². The number of hydrogen-bond acceptors (Lipinski definition) is 3. The fraction of sp³-hybridized carbons (Fsp3) is 0.562. The molecule has 0 atom stereocenters. The Labute approximate surface area is 126 Å². The lowest BCUT2D eigenvalue weighted by Gasteiger charge is -2.28. The number of anilines is 1. The van der Waals surface area contributed by atoms with Crippen molar-refractivity contribution in [1.82, 2.24) is 0 Å². The molecule has 0 N–H and O–H groups in total. The van der Waals surface area contributed by atoms with Crippen LogP contribution in [0.3, 0.4) is 0 Å². The van der Waals surface area contributed by atoms with Crippen LogP contribution in [0.25, 0.3) is 0 Å². The number of carbonyl (C=O) groups is 1. The fourth-order valence-electron chi connectivity index (χ4n) is 3.40. The van der Waals surface area contributed by atoms with E-state index in [1.165, 1.54) is 6.92 Å². The summed E-state index contributed by atoms with van der Waals surface area (Å²) in [5.74, 6) is 0.0198. The van der Waals surface area contributed by atoms with Crippen molar-refractivity contribution in [3.63, 3.8) is 0 Å². The normalized spacial score (nSPS) is 19.6. The highest BCUT2D eigenvalue weighted by atomic mass is 32.2. The molecule has 3 rings (SSSR count). The van der Waals surface area contributed by atoms with Crippen LogP contribution in [0, 0.1) is 0 Å². The molecule has 1 aliphatic heterocycles. The zero-order valence-electron chi connectivity index (χ0n) is 12.3. The molecule has 0 radical (unpaired) electrons. The van der Waals surface area contributed by atoms with Gasteiger partial charge in [0.15, 0.2) is 5.78 Å². The topological polar surface area (TPSA) is 54.5 Å². The molecule has 1 aromatic carbocycles. The third-order valence-corrected chi connectivity index (χ3v) is 6.93. The first-order chi connectivity index (χ1) is 10.00. The average molecular weight is 307 g/mol. The van der Waals surface area contributed by atoms with Gasteiger partial charge in [0.05, 0.1) is 10.9 Å². The standard InChI is InChI=1S/C16H21NO3S/c1-12(18)13-7-8-16-14(11-13)9-10-17(16)21(19,20)15-5-3-2-4-6-15/h7-8,11,15H,2-6,9-10H2,1H3. The third-order valence-electron chi connectivity index (χ3n) is 4.62. The number of rotatable bonds is 3. The Bertz CT molecular complexity index is 660. The van der Waals surface area contributed by atoms with E-state index in [-0.39, 0.29) is 11.0 Å². The van der Waals surface area contributed by atoms with Crippen LogP contribution >= 0.6 is 0 Å². The smallest absolute Gasteiger partial charge is 0.238 e. The lowest BCUT2D eigenvalue weighted by Crippen LogP contribution is -2.38. The van der Waals surface area contributed by atoms with Gasteiger partial charge < -0.3 is 0 Å². The number of carbonyl (C=O) groups excluding carboxylic acids is 1. The molecule has 0 unspecified atom stereocenters. The summed E-state index contributed by atoms with van der Waals surface area (Å²) in [6.45, 7) is 2.04. The van der Waals surface area contributed by atoms with Crippen LogP contribution in [0.4, 0.5) is 5.69 Å². The molecule has 1 heterocycles. The summed E-state index contributed by atoms with van der Waals surface area (Å²) < 4.78 is 27.2. The average Bonchev–Trinajstić information content (AvgIpc) is 2.91. The van der Waals surface area contributed by atoms with Crippen molar-refractivity contribution >= 4 is 21.5 Å². The van der Waals surface area contributed by atoms with E-state index in [9.17, 15) is 13.2 Å². The van der Waals surface area contributed by atoms with Crippen LogP contribution in [0.5, 0.6) is 0 Å². The molecule has 1 saturated carbocycles. The number of Topliss-reactive ketones (excluding diaryl/α,β-unsaturated/α-hetero) is 1. The van der Waals surface area contributed by atoms with E-state index < -0.39 is 10.0 Å². The highest BCUT2D eigenvalue weighted by Gasteiger charge is 2.36. The minimum absolute atomic E-state index is 0.0198. The van der Waals surface area contributed by atoms with Crippen molar-refractivity contribution < 1.29 is 13.2 Å². The largest absolute Gasteiger partial charge is 0.295 e. The van der Waals surface area contributed by atoms with Gasteiger partial charge in [-0.1, -0.05) is 19.3 Å². The molecule has 0 amide bonds. The van der Waals surface area contributed by atoms with Crippen molar-refractivity contribution in [3.8, 4) is 0 Å². The Hall–Kier alpha value is -1.36. The predicted molar refractivity (Wildman–Crippen MR) is 83.3 cm³/mol. The first-order valence-electron chi connectivity index (χ1n) is 7.65. The number of hydrogen-bond donors (Lipinski definition) is 0. The maximum atomic E-state index is 12.8. The van der Waals surface area contributed by atoms with Gasteiger partial charge in [0.25, 0.3) is 0 Å². The summed E-state index contributed by atoms with van der Waals surface area (Å²) in [5.41, 5.74) is 2.40. The summed E-state index contributed by atoms with van der Waals surface area (Å²) >= 11 is 0. The van der Waals surface area contributed by atoms with Crippen LogP contribution < -0.4 is 4.31 Å². The van der Waals surface area contributed by atoms with E-state index in [0.29, 0.717) is 18.5 Å². The molecule has 0 saturated heterocycles. The minimum Gasteiger partial charge on any atom is -0.295 e. The number of fused-ring (bicyclic) bond motifs is 1. The van der Waals surface area contributed by atoms with Crippen LogP contribution in [-0.2, 0) is 16.4 Å². The molecule has 4 nitrogen and oxygen atoms in total. The van der Waals surface area contributed by atoms with E-state index >= 15 is 0 Å². The highest BCUT2D eigenvalue weighted by molar-refractivity contribution is 7.93. The van der Waals surface area contributed by atoms with E-state index in [0.717, 1.165) is 43.4 Å². The van der Waals surface area contributed by atoms with Crippen LogP contribution in [0.1, 0.15) is 54.9 Å². The maximum Gasteiger partial charge on any atom is 0.238 e. The molecule has 5 heteroatoms. The predicted octanol–water partition coefficient (Wildman–Crippen LogP) is 2.91. The number of ketones is 1. The third kappa shape index (κ3) is 2.59. The van der Waals surface area contributed by atoms with Crippen molar-refractivity contribution in [1.29, 1.82) is 0 Å². The van der Waals surface area contributed by atoms with E-state index in [2.05, 4.69) is 0 Å². The van der Waals surface area contributed by atoms with Crippen molar-refractivity contribution in [3.05, 3.63) is 29.3 Å². The second kappa shape index (κ2) is 5.44. The van der Waals surface area contributed by atoms with Crippen LogP contribution in [0.15, 0.2) is 18.2 Å². The molecule has 2 aliphatic rings. The Kier molecular flexibility index (Phi) is 3.78. The molecule has 114 valence electrons. The van der Waals surface area contributed by atoms with Gasteiger partial charge in [0.2, 0.25) is 10.0 Å². The molecule has 1 aliphatic carbocycles. The minimum atomic E-state index is -3.26. The number of nitrogens with zero attached hydrogens (tertiary/aromatic N) is 1. The summed E-state index contributed by atoms with van der Waals surface area (Å²) in [6.07, 6.45) is 5.41. The molecule has 0 bridgehead atoms. The van der Waals surface area contributed by atoms with E-state index in [1.54, 1.807) is 16.4 Å². The first kappa shape index (κ1) is 14.6. The Morgan fingerprint density at radius 1 is 1.19 bits per heavy atom. The SMILES string of the molecule is CC(=O)c1ccc2c(c1)CCN2S(=O)(=O)C1CCCCC1. The molecule has 21 heavy (non-hydrogen) atoms. The van der Waals surface area contributed by atoms with Gasteiger partial charge in [0.1, 0.15) is 0 Å². The summed E-state index contributed by atoms with van der Waals surface area (Å²) in [6, 6.07) is 5.36. The summed E-state index contributed by atoms with van der Waals surface area (Å²) in [4.78, 5) is 11.4. The molecule has 0 aromatic heterocycles. The summed E-state index contributed by atoms with van der Waals surface area (Å²) in [7, 11) is -3.26. The monoisotopic (exact) mass is 307 g/mol. The van der Waals surface area contributed by atoms with Gasteiger partial charge in [-0.3, -0.25) is 9.10 Å². The maximum absolute atomic E-state index is 12.8. The Morgan fingerprint density at radius 3 is 2.57 bits per heavy atom. The van der Waals surface area contributed by atoms with Gasteiger partial charge in [-0.15, -0.1) is 0 Å². The van der Waals surface area contributed by atoms with E-state index in [1.807, 2.05) is 6.07 Å². The van der Waals surface area contributed by atoms with Crippen LogP contribution in [-0.4, -0.2) is 26.0 Å². The quantitative estimate of drug-likeness (QED) is 0.807. The zero-order chi connectivity index (χ0) is 15.0. The Morgan fingerprint density at radius 2 is 1.90 bits per heavy atom. The number of benzene rings is 1. The van der Waals surface area contributed by atoms with Gasteiger partial charge in [-0.05, 0) is 49.9 Å². The van der Waals surface area contributed by atoms with Gasteiger partial charge in [-0.2, -0.15) is 0 Å². The molecular weight excluding hydrogens is 286 g/mol. The van der Waals surface area contributed by atoms with Crippen molar-refractivity contribution in [2.45, 2.75) is 50.7 Å². The highest BCUT2D eigenvalue weighted by Crippen LogP contribution is 2.35. The lowest BCUT2D eigenvalue weighted by atomic mass is 10.0. The van der Waals surface area contributed by atoms with E-state index in [4.69, 9.17) is 0 Å². The summed E-state index contributed by atoms with van der Waals surface area (Å²) in [5, 5.41) is -0.232. The molecular formula is C16H21NO3S. The zero-order valence-corrected chi connectivity index (χ0v) is 13.2. The molecule has 0 spiro atoms. The molecule has 1 fully saturated rings. The second-order valence-corrected chi connectivity index (χ2v) is 8.16. The fourth-order valence-corrected chi connectivity index (χ4v) is 5.48. The first-order valence-corrected chi connectivity index (χ1v) is 9.16. The molecule has 1 aromatic rings. The Balaban J connectivity index is 1.91. The lowest BCUT2D eigenvalue weighted by molar-refractivity contribution is 0.101. The van der Waals surface area contributed by atoms with Gasteiger partial charge in [-0.25, -0.2) is 8.42 Å². The van der Waals surface area contributed by atoms with Gasteiger partial charge in [0, 0.05) is 12.1 Å². The number of sulfonamides is 1. The van der Waals surface area contributed by atoms with Crippen LogP contribution in [0.2, 0.25) is 0 Å².